The van der Waals surface area contributed by atoms with Gasteiger partial charge in [0, 0.05) is 43.9 Å². The Bertz CT molecular complexity index is 688. The fourth-order valence-electron chi connectivity index (χ4n) is 3.64. The van der Waals surface area contributed by atoms with Crippen LogP contribution in [0.5, 0.6) is 0 Å². The molecule has 5 nitrogen and oxygen atoms in total. The highest BCUT2D eigenvalue weighted by Gasteiger charge is 2.26. The van der Waals surface area contributed by atoms with Crippen LogP contribution in [0, 0.1) is 6.92 Å². The summed E-state index contributed by atoms with van der Waals surface area (Å²) in [4.78, 5) is 19.0. The van der Waals surface area contributed by atoms with E-state index in [0.717, 1.165) is 43.9 Å². The number of amides is 1. The molecule has 134 valence electrons. The molecule has 1 N–H and O–H groups in total. The van der Waals surface area contributed by atoms with E-state index in [1.165, 1.54) is 5.56 Å². The predicted octanol–water partition coefficient (Wildman–Crippen LogP) is 2.52. The molecule has 1 aromatic heterocycles. The van der Waals surface area contributed by atoms with Crippen LogP contribution in [0.15, 0.2) is 36.5 Å². The summed E-state index contributed by atoms with van der Waals surface area (Å²) in [6.45, 7) is 4.33. The first kappa shape index (κ1) is 17.7. The smallest absolute Gasteiger partial charge is 0.222 e. The molecule has 0 radical (unpaired) electrons. The van der Waals surface area contributed by atoms with Gasteiger partial charge >= 0.3 is 0 Å². The van der Waals surface area contributed by atoms with E-state index in [1.54, 1.807) is 0 Å². The van der Waals surface area contributed by atoms with Gasteiger partial charge in [-0.1, -0.05) is 30.3 Å². The molecule has 1 amide bonds. The largest absolute Gasteiger partial charge is 0.395 e. The Hall–Kier alpha value is -2.14. The van der Waals surface area contributed by atoms with Crippen molar-refractivity contribution in [2.75, 3.05) is 19.7 Å². The number of carbonyl (C=O) groups is 1. The van der Waals surface area contributed by atoms with Gasteiger partial charge in [-0.05, 0) is 31.7 Å². The molecule has 0 aliphatic carbocycles. The monoisotopic (exact) mass is 341 g/mol. The van der Waals surface area contributed by atoms with Gasteiger partial charge in [-0.3, -0.25) is 4.79 Å². The third kappa shape index (κ3) is 4.28. The SMILES string of the molecule is Cc1cnc(C2CCN(C(=O)CCc3ccccc3)CC2)n1CCO. The number of likely N-dealkylation sites (tertiary alicyclic amines) is 1. The summed E-state index contributed by atoms with van der Waals surface area (Å²) in [5, 5.41) is 9.25. The second-order valence-corrected chi connectivity index (χ2v) is 6.77. The first-order valence-corrected chi connectivity index (χ1v) is 9.13. The fraction of sp³-hybridized carbons (Fsp3) is 0.500. The summed E-state index contributed by atoms with van der Waals surface area (Å²) in [5.41, 5.74) is 2.30. The second kappa shape index (κ2) is 8.30. The number of aliphatic hydroxyl groups is 1. The minimum absolute atomic E-state index is 0.126. The number of aryl methyl sites for hydroxylation is 2. The van der Waals surface area contributed by atoms with E-state index in [4.69, 9.17) is 0 Å². The van der Waals surface area contributed by atoms with Crippen LogP contribution in [0.1, 0.15) is 42.3 Å². The molecule has 25 heavy (non-hydrogen) atoms. The molecule has 3 rings (SSSR count). The Morgan fingerprint density at radius 2 is 1.96 bits per heavy atom. The Morgan fingerprint density at radius 3 is 2.64 bits per heavy atom. The lowest BCUT2D eigenvalue weighted by atomic mass is 9.95. The zero-order valence-corrected chi connectivity index (χ0v) is 14.9. The van der Waals surface area contributed by atoms with E-state index >= 15 is 0 Å². The van der Waals surface area contributed by atoms with E-state index in [1.807, 2.05) is 36.2 Å². The maximum absolute atomic E-state index is 12.5. The molecule has 1 saturated heterocycles. The molecule has 5 heteroatoms. The van der Waals surface area contributed by atoms with Crippen molar-refractivity contribution in [1.29, 1.82) is 0 Å². The molecular weight excluding hydrogens is 314 g/mol. The average Bonchev–Trinajstić information content (AvgIpc) is 3.02. The molecular formula is C20H27N3O2. The van der Waals surface area contributed by atoms with E-state index in [0.29, 0.717) is 18.9 Å². The molecule has 1 aliphatic rings. The van der Waals surface area contributed by atoms with Gasteiger partial charge in [-0.2, -0.15) is 0 Å². The first-order valence-electron chi connectivity index (χ1n) is 9.13. The van der Waals surface area contributed by atoms with E-state index in [-0.39, 0.29) is 12.5 Å². The maximum Gasteiger partial charge on any atom is 0.222 e. The highest BCUT2D eigenvalue weighted by atomic mass is 16.3. The predicted molar refractivity (Wildman–Crippen MR) is 97.4 cm³/mol. The highest BCUT2D eigenvalue weighted by molar-refractivity contribution is 5.76. The Morgan fingerprint density at radius 1 is 1.24 bits per heavy atom. The minimum atomic E-state index is 0.126. The fourth-order valence-corrected chi connectivity index (χ4v) is 3.64. The highest BCUT2D eigenvalue weighted by Crippen LogP contribution is 2.28. The first-order chi connectivity index (χ1) is 12.2. The zero-order valence-electron chi connectivity index (χ0n) is 14.9. The van der Waals surface area contributed by atoms with Gasteiger partial charge in [-0.15, -0.1) is 0 Å². The molecule has 1 aliphatic heterocycles. The van der Waals surface area contributed by atoms with Gasteiger partial charge in [0.25, 0.3) is 0 Å². The summed E-state index contributed by atoms with van der Waals surface area (Å²) in [7, 11) is 0. The van der Waals surface area contributed by atoms with E-state index in [2.05, 4.69) is 21.7 Å². The number of benzene rings is 1. The van der Waals surface area contributed by atoms with Crippen LogP contribution in [-0.4, -0.2) is 45.2 Å². The maximum atomic E-state index is 12.5. The van der Waals surface area contributed by atoms with Crippen LogP contribution in [-0.2, 0) is 17.8 Å². The Balaban J connectivity index is 1.52. The topological polar surface area (TPSA) is 58.4 Å². The van der Waals surface area contributed by atoms with Crippen LogP contribution >= 0.6 is 0 Å². The van der Waals surface area contributed by atoms with Crippen molar-refractivity contribution in [2.24, 2.45) is 0 Å². The van der Waals surface area contributed by atoms with Crippen molar-refractivity contribution in [1.82, 2.24) is 14.5 Å². The molecule has 0 bridgehead atoms. The van der Waals surface area contributed by atoms with E-state index in [9.17, 15) is 9.90 Å². The number of rotatable bonds is 6. The van der Waals surface area contributed by atoms with E-state index < -0.39 is 0 Å². The number of imidazole rings is 1. The average molecular weight is 341 g/mol. The molecule has 0 spiro atoms. The third-order valence-electron chi connectivity index (χ3n) is 5.09. The number of piperidine rings is 1. The van der Waals surface area contributed by atoms with Crippen LogP contribution < -0.4 is 0 Å². The van der Waals surface area contributed by atoms with Gasteiger partial charge < -0.3 is 14.6 Å². The minimum Gasteiger partial charge on any atom is -0.395 e. The molecule has 2 aromatic rings. The van der Waals surface area contributed by atoms with Crippen LogP contribution in [0.25, 0.3) is 0 Å². The van der Waals surface area contributed by atoms with Gasteiger partial charge in [0.15, 0.2) is 0 Å². The molecule has 0 atom stereocenters. The van der Waals surface area contributed by atoms with Gasteiger partial charge in [0.2, 0.25) is 5.91 Å². The van der Waals surface area contributed by atoms with Crippen molar-refractivity contribution in [2.45, 2.75) is 45.1 Å². The second-order valence-electron chi connectivity index (χ2n) is 6.77. The summed E-state index contributed by atoms with van der Waals surface area (Å²) in [6, 6.07) is 10.2. The third-order valence-corrected chi connectivity index (χ3v) is 5.09. The Labute approximate surface area is 149 Å². The number of carbonyl (C=O) groups excluding carboxylic acids is 1. The number of hydrogen-bond donors (Lipinski definition) is 1. The standard InChI is InChI=1S/C20H27N3O2/c1-16-15-21-20(23(16)13-14-24)18-9-11-22(12-10-18)19(25)8-7-17-5-3-2-4-6-17/h2-6,15,18,24H,7-14H2,1H3. The lowest BCUT2D eigenvalue weighted by Gasteiger charge is -2.32. The lowest BCUT2D eigenvalue weighted by Crippen LogP contribution is -2.38. The number of hydrogen-bond acceptors (Lipinski definition) is 3. The van der Waals surface area contributed by atoms with Crippen molar-refractivity contribution >= 4 is 5.91 Å². The normalized spacial score (nSPS) is 15.5. The van der Waals surface area contributed by atoms with Crippen LogP contribution in [0.4, 0.5) is 0 Å². The molecule has 2 heterocycles. The summed E-state index contributed by atoms with van der Waals surface area (Å²) < 4.78 is 2.11. The van der Waals surface area contributed by atoms with Gasteiger partial charge in [0.1, 0.15) is 5.82 Å². The Kier molecular flexibility index (Phi) is 5.87. The van der Waals surface area contributed by atoms with Crippen molar-refractivity contribution in [3.63, 3.8) is 0 Å². The number of aliphatic hydroxyl groups excluding tert-OH is 1. The quantitative estimate of drug-likeness (QED) is 0.878. The molecule has 0 unspecified atom stereocenters. The lowest BCUT2D eigenvalue weighted by molar-refractivity contribution is -0.132. The van der Waals surface area contributed by atoms with Crippen molar-refractivity contribution < 1.29 is 9.90 Å². The number of nitrogens with zero attached hydrogens (tertiary/aromatic N) is 3. The van der Waals surface area contributed by atoms with Gasteiger partial charge in [0.05, 0.1) is 6.61 Å². The van der Waals surface area contributed by atoms with Crippen molar-refractivity contribution in [3.05, 3.63) is 53.6 Å². The van der Waals surface area contributed by atoms with Crippen molar-refractivity contribution in [3.8, 4) is 0 Å². The zero-order chi connectivity index (χ0) is 17.6. The molecule has 1 fully saturated rings. The summed E-state index contributed by atoms with van der Waals surface area (Å²) in [5.74, 6) is 1.68. The van der Waals surface area contributed by atoms with Crippen LogP contribution in [0.3, 0.4) is 0 Å². The molecule has 1 aromatic carbocycles. The van der Waals surface area contributed by atoms with Gasteiger partial charge in [-0.25, -0.2) is 4.98 Å². The summed E-state index contributed by atoms with van der Waals surface area (Å²) in [6.07, 6.45) is 5.15. The molecule has 0 saturated carbocycles. The van der Waals surface area contributed by atoms with Crippen LogP contribution in [0.2, 0.25) is 0 Å². The number of aromatic nitrogens is 2. The summed E-state index contributed by atoms with van der Waals surface area (Å²) >= 11 is 0.